The fourth-order valence-electron chi connectivity index (χ4n) is 8.56. The lowest BCUT2D eigenvalue weighted by molar-refractivity contribution is -0.103. The largest absolute Gasteiger partial charge is 0.497 e. The van der Waals surface area contributed by atoms with E-state index in [9.17, 15) is 29.2 Å². The molecule has 4 aromatic carbocycles. The van der Waals surface area contributed by atoms with E-state index in [4.69, 9.17) is 32.7 Å². The van der Waals surface area contributed by atoms with Gasteiger partial charge in [-0.25, -0.2) is 14.3 Å². The minimum atomic E-state index is -2.05. The summed E-state index contributed by atoms with van der Waals surface area (Å²) >= 11 is 0. The van der Waals surface area contributed by atoms with Crippen LogP contribution in [0.5, 0.6) is 11.5 Å². The molecular formula is C52H57N6O12P. The minimum absolute atomic E-state index is 0.0128. The zero-order chi connectivity index (χ0) is 50.8. The maximum Gasteiger partial charge on any atom is 0.340 e. The van der Waals surface area contributed by atoms with Crippen molar-refractivity contribution in [1.29, 1.82) is 5.26 Å². The number of ether oxygens (including phenoxy) is 5. The van der Waals surface area contributed by atoms with Gasteiger partial charge in [-0.1, -0.05) is 72.8 Å². The summed E-state index contributed by atoms with van der Waals surface area (Å²) in [6.07, 6.45) is -2.37. The Morgan fingerprint density at radius 1 is 0.817 bits per heavy atom. The van der Waals surface area contributed by atoms with E-state index in [0.717, 1.165) is 20.8 Å². The Morgan fingerprint density at radius 2 is 1.39 bits per heavy atom. The van der Waals surface area contributed by atoms with E-state index in [2.05, 4.69) is 11.1 Å². The highest BCUT2D eigenvalue weighted by molar-refractivity contribution is 7.44. The zero-order valence-corrected chi connectivity index (χ0v) is 41.4. The molecule has 0 spiro atoms. The summed E-state index contributed by atoms with van der Waals surface area (Å²) in [6.45, 7) is 8.58. The van der Waals surface area contributed by atoms with Crippen LogP contribution in [0.3, 0.4) is 0 Å². The van der Waals surface area contributed by atoms with Crippen LogP contribution in [0, 0.1) is 18.3 Å². The maximum absolute atomic E-state index is 14.2. The number of rotatable bonds is 21. The molecular weight excluding hydrogens is 932 g/mol. The Hall–Kier alpha value is -6.81. The summed E-state index contributed by atoms with van der Waals surface area (Å²) in [5, 5.41) is 9.58. The van der Waals surface area contributed by atoms with E-state index in [1.165, 1.54) is 31.5 Å². The summed E-state index contributed by atoms with van der Waals surface area (Å²) in [4.78, 5) is 70.0. The van der Waals surface area contributed by atoms with E-state index in [1.54, 1.807) is 32.4 Å². The van der Waals surface area contributed by atoms with Gasteiger partial charge in [0.2, 0.25) is 0 Å². The third kappa shape index (κ3) is 11.4. The van der Waals surface area contributed by atoms with Crippen molar-refractivity contribution in [2.45, 2.75) is 90.0 Å². The summed E-state index contributed by atoms with van der Waals surface area (Å²) in [5.41, 5.74) is -2.27. The first-order valence-electron chi connectivity index (χ1n) is 23.0. The summed E-state index contributed by atoms with van der Waals surface area (Å²) in [5.74, 6) is 0.397. The average molecular weight is 989 g/mol. The van der Waals surface area contributed by atoms with E-state index < -0.39 is 73.8 Å². The van der Waals surface area contributed by atoms with Gasteiger partial charge in [0.05, 0.1) is 39.9 Å². The Kier molecular flexibility index (Phi) is 17.1. The average Bonchev–Trinajstić information content (AvgIpc) is 3.71. The Bertz CT molecular complexity index is 2970. The normalized spacial score (nSPS) is 17.4. The zero-order valence-electron chi connectivity index (χ0n) is 40.5. The van der Waals surface area contributed by atoms with Crippen LogP contribution >= 0.6 is 8.53 Å². The first-order chi connectivity index (χ1) is 34.2. The number of hydrogen-bond acceptors (Lipinski definition) is 14. The van der Waals surface area contributed by atoms with Crippen LogP contribution in [-0.4, -0.2) is 87.1 Å². The van der Waals surface area contributed by atoms with Crippen LogP contribution in [0.15, 0.2) is 147 Å². The Morgan fingerprint density at radius 3 is 1.94 bits per heavy atom. The quantitative estimate of drug-likeness (QED) is 0.0465. The molecule has 1 fully saturated rings. The highest BCUT2D eigenvalue weighted by Crippen LogP contribution is 2.51. The standard InChI is InChI=1S/C52H57N6O12P/c1-34(2)58(35(3)4)71(68-30-14-28-53)70-45-43(32-67-52(38-17-12-9-13-18-38,39-19-23-41(64-6)24-20-39)40-21-25-42(65-7)26-22-40)69-49(56-29-27-44(59)54-50(56)62)46(45)66-33-55-31-36(5)47(60)57(51(55)63)48(61)37-15-10-8-11-16-37/h8-13,15-27,29,31,34-35,43,45-46,49H,14,30,32-33H2,1-7H3,(H,54,59,62)/t43-,45-,46-,49-,71?/m1/s1. The van der Waals surface area contributed by atoms with E-state index in [0.29, 0.717) is 27.2 Å². The van der Waals surface area contributed by atoms with Gasteiger partial charge < -0.3 is 32.7 Å². The van der Waals surface area contributed by atoms with Gasteiger partial charge in [-0.15, -0.1) is 0 Å². The molecule has 0 radical (unpaired) electrons. The molecule has 0 bridgehead atoms. The highest BCUT2D eigenvalue weighted by Gasteiger charge is 2.52. The molecule has 71 heavy (non-hydrogen) atoms. The van der Waals surface area contributed by atoms with Crippen LogP contribution in [0.1, 0.15) is 73.0 Å². The molecule has 0 aliphatic carbocycles. The number of aromatic nitrogens is 4. The highest BCUT2D eigenvalue weighted by atomic mass is 31.2. The second-order valence-electron chi connectivity index (χ2n) is 17.2. The van der Waals surface area contributed by atoms with Crippen molar-refractivity contribution in [3.05, 3.63) is 197 Å². The van der Waals surface area contributed by atoms with Crippen LogP contribution < -0.4 is 32.0 Å². The van der Waals surface area contributed by atoms with Gasteiger partial charge in [0.1, 0.15) is 42.1 Å². The van der Waals surface area contributed by atoms with Crippen molar-refractivity contribution in [1.82, 2.24) is 23.4 Å². The first kappa shape index (κ1) is 52.0. The van der Waals surface area contributed by atoms with Crippen molar-refractivity contribution in [3.63, 3.8) is 0 Å². The molecule has 7 rings (SSSR count). The van der Waals surface area contributed by atoms with Gasteiger partial charge in [0.15, 0.2) is 6.23 Å². The van der Waals surface area contributed by atoms with Gasteiger partial charge in [-0.3, -0.25) is 28.5 Å². The van der Waals surface area contributed by atoms with Crippen LogP contribution in [0.25, 0.3) is 0 Å². The monoisotopic (exact) mass is 988 g/mol. The molecule has 1 aliphatic heterocycles. The third-order valence-electron chi connectivity index (χ3n) is 11.9. The number of nitrogens with zero attached hydrogens (tertiary/aromatic N) is 5. The third-order valence-corrected chi connectivity index (χ3v) is 14.0. The Labute approximate surface area is 411 Å². The number of carbonyl (C=O) groups excluding carboxylic acids is 1. The first-order valence-corrected chi connectivity index (χ1v) is 24.1. The van der Waals surface area contributed by atoms with E-state index in [-0.39, 0.29) is 42.8 Å². The molecule has 2 aromatic heterocycles. The lowest BCUT2D eigenvalue weighted by Crippen LogP contribution is -2.46. The molecule has 18 nitrogen and oxygen atoms in total. The topological polar surface area (TPSA) is 208 Å². The molecule has 6 aromatic rings. The second kappa shape index (κ2) is 23.4. The summed E-state index contributed by atoms with van der Waals surface area (Å²) in [7, 11) is 1.11. The Balaban J connectivity index is 1.40. The molecule has 19 heteroatoms. The number of methoxy groups -OCH3 is 2. The molecule has 1 aliphatic rings. The lowest BCUT2D eigenvalue weighted by atomic mass is 9.80. The molecule has 1 N–H and O–H groups in total. The van der Waals surface area contributed by atoms with Crippen molar-refractivity contribution >= 4 is 14.4 Å². The number of aromatic amines is 1. The van der Waals surface area contributed by atoms with Gasteiger partial charge in [0.25, 0.3) is 25.6 Å². The molecule has 0 amide bonds. The molecule has 0 saturated carbocycles. The minimum Gasteiger partial charge on any atom is -0.497 e. The predicted molar refractivity (Wildman–Crippen MR) is 264 cm³/mol. The van der Waals surface area contributed by atoms with Crippen molar-refractivity contribution in [2.75, 3.05) is 27.4 Å². The van der Waals surface area contributed by atoms with Gasteiger partial charge in [-0.2, -0.15) is 9.83 Å². The number of nitrogens with one attached hydrogen (secondary N) is 1. The number of nitriles is 1. The molecule has 372 valence electrons. The number of hydrogen-bond donors (Lipinski definition) is 1. The smallest absolute Gasteiger partial charge is 0.340 e. The van der Waals surface area contributed by atoms with Crippen LogP contribution in [0.4, 0.5) is 0 Å². The van der Waals surface area contributed by atoms with Gasteiger partial charge in [-0.05, 0) is 87.7 Å². The second-order valence-corrected chi connectivity index (χ2v) is 18.6. The molecule has 5 atom stereocenters. The lowest BCUT2D eigenvalue weighted by Gasteiger charge is -2.39. The van der Waals surface area contributed by atoms with Gasteiger partial charge >= 0.3 is 11.4 Å². The van der Waals surface area contributed by atoms with Gasteiger partial charge in [0, 0.05) is 41.7 Å². The number of H-pyrrole nitrogens is 1. The van der Waals surface area contributed by atoms with Crippen molar-refractivity contribution < 1.29 is 37.5 Å². The fraction of sp³-hybridized carbons (Fsp3) is 0.346. The SMILES string of the molecule is COc1ccc(C(OC[C@H]2O[C@@H](n3ccc(=O)[nH]c3=O)[C@H](OCn3cc(C)c(=O)n(C(=O)c4ccccc4)c3=O)[C@@H]2OP(OCCC#N)N(C(C)C)C(C)C)(c2ccccc2)c2ccc(OC)cc2)cc1. The van der Waals surface area contributed by atoms with E-state index >= 15 is 0 Å². The van der Waals surface area contributed by atoms with Crippen LogP contribution in [0.2, 0.25) is 0 Å². The molecule has 3 heterocycles. The number of carbonyl (C=O) groups is 1. The molecule has 1 saturated heterocycles. The van der Waals surface area contributed by atoms with Crippen molar-refractivity contribution in [3.8, 4) is 17.6 Å². The summed E-state index contributed by atoms with van der Waals surface area (Å²) in [6, 6.07) is 35.5. The van der Waals surface area contributed by atoms with E-state index in [1.807, 2.05) is 111 Å². The maximum atomic E-state index is 14.2. The fourth-order valence-corrected chi connectivity index (χ4v) is 10.3. The number of aryl methyl sites for hydroxylation is 1. The molecule has 1 unspecified atom stereocenters. The van der Waals surface area contributed by atoms with Crippen molar-refractivity contribution in [2.24, 2.45) is 0 Å². The predicted octanol–water partition coefficient (Wildman–Crippen LogP) is 6.48. The van der Waals surface area contributed by atoms with Crippen LogP contribution in [-0.2, 0) is 35.6 Å². The number of benzene rings is 4. The summed E-state index contributed by atoms with van der Waals surface area (Å²) < 4.78 is 50.4.